The van der Waals surface area contributed by atoms with E-state index >= 15 is 0 Å². The molecule has 0 aliphatic carbocycles. The Morgan fingerprint density at radius 3 is 2.71 bits per heavy atom. The van der Waals surface area contributed by atoms with Crippen LogP contribution in [0.25, 0.3) is 0 Å². The number of carbonyl (C=O) groups is 1. The summed E-state index contributed by atoms with van der Waals surface area (Å²) in [4.78, 5) is 10.5. The third-order valence-electron chi connectivity index (χ3n) is 1.96. The molecule has 0 saturated heterocycles. The summed E-state index contributed by atoms with van der Waals surface area (Å²) in [6.07, 6.45) is 0.283. The lowest BCUT2D eigenvalue weighted by atomic mass is 9.97. The van der Waals surface area contributed by atoms with E-state index in [1.807, 2.05) is 0 Å². The molecular weight excluding hydrogens is 187 g/mol. The van der Waals surface area contributed by atoms with Crippen LogP contribution in [0.4, 0.5) is 4.39 Å². The normalized spacial score (nSPS) is 14.6. The average molecular weight is 198 g/mol. The van der Waals surface area contributed by atoms with Gasteiger partial charge in [-0.25, -0.2) is 4.39 Å². The highest BCUT2D eigenvalue weighted by Gasteiger charge is 2.27. The molecule has 1 unspecified atom stereocenters. The van der Waals surface area contributed by atoms with Crippen molar-refractivity contribution >= 4 is 6.29 Å². The first-order chi connectivity index (χ1) is 6.53. The van der Waals surface area contributed by atoms with Crippen molar-refractivity contribution in [1.82, 2.24) is 0 Å². The number of ether oxygens (including phenoxy) is 1. The summed E-state index contributed by atoms with van der Waals surface area (Å²) in [6.45, 7) is 1.22. The fourth-order valence-electron chi connectivity index (χ4n) is 1.12. The predicted octanol–water partition coefficient (Wildman–Crippen LogP) is 1.24. The van der Waals surface area contributed by atoms with E-state index in [2.05, 4.69) is 0 Å². The van der Waals surface area contributed by atoms with Crippen LogP contribution in [0.15, 0.2) is 18.2 Å². The van der Waals surface area contributed by atoms with Crippen LogP contribution in [-0.4, -0.2) is 18.5 Å². The number of halogens is 1. The summed E-state index contributed by atoms with van der Waals surface area (Å²) >= 11 is 0. The number of methoxy groups -OCH3 is 1. The van der Waals surface area contributed by atoms with Gasteiger partial charge in [-0.2, -0.15) is 0 Å². The molecule has 4 heteroatoms. The third-order valence-corrected chi connectivity index (χ3v) is 1.96. The Balaban J connectivity index is 3.29. The van der Waals surface area contributed by atoms with Crippen LogP contribution in [0, 0.1) is 5.82 Å². The standard InChI is InChI=1S/C10H11FO3/c1-10(13,6-12)7-4-3-5-8(14-2)9(7)11/h3-6,13H,1-2H3. The molecule has 0 aromatic heterocycles. The highest BCUT2D eigenvalue weighted by atomic mass is 19.1. The van der Waals surface area contributed by atoms with E-state index < -0.39 is 11.4 Å². The molecule has 0 heterocycles. The lowest BCUT2D eigenvalue weighted by Crippen LogP contribution is -2.24. The molecule has 0 saturated carbocycles. The Bertz CT molecular complexity index is 347. The number of aliphatic hydroxyl groups is 1. The van der Waals surface area contributed by atoms with Gasteiger partial charge in [0.2, 0.25) is 0 Å². The van der Waals surface area contributed by atoms with Gasteiger partial charge in [0.15, 0.2) is 17.9 Å². The first-order valence-electron chi connectivity index (χ1n) is 4.04. The zero-order valence-corrected chi connectivity index (χ0v) is 7.95. The summed E-state index contributed by atoms with van der Waals surface area (Å²) in [6, 6.07) is 4.27. The second kappa shape index (κ2) is 3.75. The molecule has 0 amide bonds. The molecule has 1 rings (SSSR count). The van der Waals surface area contributed by atoms with E-state index in [4.69, 9.17) is 4.74 Å². The summed E-state index contributed by atoms with van der Waals surface area (Å²) in [5.41, 5.74) is -1.91. The van der Waals surface area contributed by atoms with Crippen molar-refractivity contribution in [2.75, 3.05) is 7.11 Å². The van der Waals surface area contributed by atoms with Gasteiger partial charge >= 0.3 is 0 Å². The van der Waals surface area contributed by atoms with Crippen LogP contribution >= 0.6 is 0 Å². The number of aldehydes is 1. The summed E-state index contributed by atoms with van der Waals surface area (Å²) in [5.74, 6) is -0.711. The van der Waals surface area contributed by atoms with Crippen LogP contribution in [0.1, 0.15) is 12.5 Å². The molecule has 1 atom stereocenters. The zero-order valence-electron chi connectivity index (χ0n) is 7.95. The SMILES string of the molecule is COc1cccc(C(C)(O)C=O)c1F. The van der Waals surface area contributed by atoms with Gasteiger partial charge in [0.25, 0.3) is 0 Å². The quantitative estimate of drug-likeness (QED) is 0.743. The number of hydrogen-bond donors (Lipinski definition) is 1. The first kappa shape index (κ1) is 10.7. The minimum Gasteiger partial charge on any atom is -0.494 e. The topological polar surface area (TPSA) is 46.5 Å². The lowest BCUT2D eigenvalue weighted by Gasteiger charge is -2.17. The van der Waals surface area contributed by atoms with Gasteiger partial charge in [0.05, 0.1) is 7.11 Å². The molecule has 1 N–H and O–H groups in total. The smallest absolute Gasteiger partial charge is 0.171 e. The molecule has 0 aliphatic rings. The van der Waals surface area contributed by atoms with Crippen molar-refractivity contribution < 1.29 is 19.0 Å². The Morgan fingerprint density at radius 1 is 1.57 bits per heavy atom. The van der Waals surface area contributed by atoms with Gasteiger partial charge in [0.1, 0.15) is 5.60 Å². The molecule has 0 aliphatic heterocycles. The number of rotatable bonds is 3. The van der Waals surface area contributed by atoms with Crippen molar-refractivity contribution in [1.29, 1.82) is 0 Å². The highest BCUT2D eigenvalue weighted by molar-refractivity contribution is 5.65. The maximum atomic E-state index is 13.5. The molecule has 0 spiro atoms. The van der Waals surface area contributed by atoms with E-state index in [0.29, 0.717) is 0 Å². The number of benzene rings is 1. The van der Waals surface area contributed by atoms with Gasteiger partial charge < -0.3 is 9.84 Å². The molecule has 0 fully saturated rings. The molecule has 0 radical (unpaired) electrons. The Morgan fingerprint density at radius 2 is 2.21 bits per heavy atom. The third kappa shape index (κ3) is 1.75. The van der Waals surface area contributed by atoms with Crippen LogP contribution in [-0.2, 0) is 10.4 Å². The summed E-state index contributed by atoms with van der Waals surface area (Å²) < 4.78 is 18.2. The molecule has 76 valence electrons. The highest BCUT2D eigenvalue weighted by Crippen LogP contribution is 2.27. The van der Waals surface area contributed by atoms with E-state index in [1.54, 1.807) is 0 Å². The van der Waals surface area contributed by atoms with Crippen molar-refractivity contribution in [3.05, 3.63) is 29.6 Å². The van der Waals surface area contributed by atoms with Crippen LogP contribution in [0.2, 0.25) is 0 Å². The fraction of sp³-hybridized carbons (Fsp3) is 0.300. The van der Waals surface area contributed by atoms with E-state index in [1.165, 1.54) is 32.2 Å². The molecule has 0 bridgehead atoms. The zero-order chi connectivity index (χ0) is 10.8. The second-order valence-electron chi connectivity index (χ2n) is 3.09. The van der Waals surface area contributed by atoms with E-state index in [9.17, 15) is 14.3 Å². The van der Waals surface area contributed by atoms with Crippen molar-refractivity contribution in [3.8, 4) is 5.75 Å². The average Bonchev–Trinajstić information content (AvgIpc) is 2.18. The Hall–Kier alpha value is -1.42. The maximum Gasteiger partial charge on any atom is 0.171 e. The molecule has 14 heavy (non-hydrogen) atoms. The van der Waals surface area contributed by atoms with E-state index in [-0.39, 0.29) is 17.6 Å². The first-order valence-corrected chi connectivity index (χ1v) is 4.04. The van der Waals surface area contributed by atoms with Crippen LogP contribution < -0.4 is 4.74 Å². The van der Waals surface area contributed by atoms with E-state index in [0.717, 1.165) is 0 Å². The number of hydrogen-bond acceptors (Lipinski definition) is 3. The van der Waals surface area contributed by atoms with Gasteiger partial charge in [-0.1, -0.05) is 12.1 Å². The maximum absolute atomic E-state index is 13.5. The summed E-state index contributed by atoms with van der Waals surface area (Å²) in [7, 11) is 1.32. The summed E-state index contributed by atoms with van der Waals surface area (Å²) in [5, 5.41) is 9.53. The molecular formula is C10H11FO3. The Labute approximate surface area is 81.1 Å². The Kier molecular flexibility index (Phi) is 2.86. The van der Waals surface area contributed by atoms with Gasteiger partial charge in [-0.15, -0.1) is 0 Å². The fourth-order valence-corrected chi connectivity index (χ4v) is 1.12. The van der Waals surface area contributed by atoms with Crippen molar-refractivity contribution in [3.63, 3.8) is 0 Å². The monoisotopic (exact) mass is 198 g/mol. The lowest BCUT2D eigenvalue weighted by molar-refractivity contribution is -0.123. The van der Waals surface area contributed by atoms with Gasteiger partial charge in [-0.3, -0.25) is 4.79 Å². The van der Waals surface area contributed by atoms with Crippen molar-refractivity contribution in [2.24, 2.45) is 0 Å². The predicted molar refractivity (Wildman–Crippen MR) is 48.6 cm³/mol. The largest absolute Gasteiger partial charge is 0.494 e. The minimum absolute atomic E-state index is 0.00428. The molecule has 1 aromatic carbocycles. The molecule has 1 aromatic rings. The van der Waals surface area contributed by atoms with Crippen molar-refractivity contribution in [2.45, 2.75) is 12.5 Å². The second-order valence-corrected chi connectivity index (χ2v) is 3.09. The van der Waals surface area contributed by atoms with Gasteiger partial charge in [-0.05, 0) is 13.0 Å². The number of carbonyl (C=O) groups excluding carboxylic acids is 1. The van der Waals surface area contributed by atoms with Crippen LogP contribution in [0.3, 0.4) is 0 Å². The van der Waals surface area contributed by atoms with Crippen LogP contribution in [0.5, 0.6) is 5.75 Å². The van der Waals surface area contributed by atoms with Gasteiger partial charge in [0, 0.05) is 5.56 Å². The molecule has 3 nitrogen and oxygen atoms in total. The minimum atomic E-state index is -1.82.